The van der Waals surface area contributed by atoms with Gasteiger partial charge in [0.2, 0.25) is 0 Å². The number of amides is 1. The number of hydrogen-bond donors (Lipinski definition) is 1. The van der Waals surface area contributed by atoms with E-state index in [1.54, 1.807) is 16.2 Å². The lowest BCUT2D eigenvalue weighted by Gasteiger charge is -2.19. The van der Waals surface area contributed by atoms with Gasteiger partial charge in [0.15, 0.2) is 5.11 Å². The van der Waals surface area contributed by atoms with E-state index in [2.05, 4.69) is 5.32 Å². The third kappa shape index (κ3) is 2.46. The third-order valence-electron chi connectivity index (χ3n) is 3.72. The predicted octanol–water partition coefficient (Wildman–Crippen LogP) is 3.94. The Morgan fingerprint density at radius 2 is 1.82 bits per heavy atom. The van der Waals surface area contributed by atoms with E-state index < -0.39 is 0 Å². The fraction of sp³-hybridized carbons (Fsp3) is 0.176. The molecule has 0 atom stereocenters. The Morgan fingerprint density at radius 1 is 1.14 bits per heavy atom. The van der Waals surface area contributed by atoms with Crippen LogP contribution in [0, 0.1) is 20.8 Å². The van der Waals surface area contributed by atoms with Gasteiger partial charge in [-0.2, -0.15) is 0 Å². The molecule has 2 aromatic rings. The highest BCUT2D eigenvalue weighted by Crippen LogP contribution is 2.29. The van der Waals surface area contributed by atoms with Crippen LogP contribution in [0.5, 0.6) is 0 Å². The number of thiophene rings is 1. The molecule has 0 bridgehead atoms. The highest BCUT2D eigenvalue weighted by atomic mass is 32.1. The summed E-state index contributed by atoms with van der Waals surface area (Å²) in [7, 11) is 0. The van der Waals surface area contributed by atoms with E-state index in [-0.39, 0.29) is 5.91 Å². The lowest BCUT2D eigenvalue weighted by molar-refractivity contribution is -0.113. The van der Waals surface area contributed by atoms with Gasteiger partial charge in [-0.25, -0.2) is 0 Å². The van der Waals surface area contributed by atoms with Crippen LogP contribution < -0.4 is 10.2 Å². The van der Waals surface area contributed by atoms with Crippen LogP contribution in [0.3, 0.4) is 0 Å². The zero-order chi connectivity index (χ0) is 15.9. The fourth-order valence-corrected chi connectivity index (χ4v) is 3.70. The summed E-state index contributed by atoms with van der Waals surface area (Å²) in [5.74, 6) is -0.102. The fourth-order valence-electron chi connectivity index (χ4n) is 2.56. The van der Waals surface area contributed by atoms with Crippen molar-refractivity contribution in [2.75, 3.05) is 4.90 Å². The average molecular weight is 328 g/mol. The standard InChI is InChI=1S/C17H16N2OS2/c1-10-7-8-22-14(10)9-13-16(20)19(17(21)18-13)15-11(2)5-4-6-12(15)3/h4-9H,1-3H3,(H,18,21)/b13-9-. The van der Waals surface area contributed by atoms with Gasteiger partial charge in [-0.15, -0.1) is 11.3 Å². The molecule has 2 heterocycles. The monoisotopic (exact) mass is 328 g/mol. The Balaban J connectivity index is 2.03. The molecule has 0 radical (unpaired) electrons. The van der Waals surface area contributed by atoms with Crippen LogP contribution >= 0.6 is 23.6 Å². The minimum atomic E-state index is -0.102. The van der Waals surface area contributed by atoms with Gasteiger partial charge in [-0.1, -0.05) is 18.2 Å². The highest BCUT2D eigenvalue weighted by molar-refractivity contribution is 7.80. The molecule has 3 rings (SSSR count). The quantitative estimate of drug-likeness (QED) is 0.669. The molecule has 5 heteroatoms. The summed E-state index contributed by atoms with van der Waals surface area (Å²) in [5, 5.41) is 5.50. The molecule has 3 nitrogen and oxygen atoms in total. The number of anilines is 1. The zero-order valence-corrected chi connectivity index (χ0v) is 14.3. The summed E-state index contributed by atoms with van der Waals surface area (Å²) in [6.45, 7) is 6.01. The van der Waals surface area contributed by atoms with Gasteiger partial charge in [-0.05, 0) is 67.2 Å². The van der Waals surface area contributed by atoms with Crippen molar-refractivity contribution in [2.24, 2.45) is 0 Å². The minimum Gasteiger partial charge on any atom is -0.327 e. The molecule has 112 valence electrons. The first-order valence-corrected chi connectivity index (χ1v) is 8.25. The average Bonchev–Trinajstić information content (AvgIpc) is 2.97. The van der Waals surface area contributed by atoms with Gasteiger partial charge in [0.05, 0.1) is 5.69 Å². The zero-order valence-electron chi connectivity index (χ0n) is 12.6. The summed E-state index contributed by atoms with van der Waals surface area (Å²) in [6.07, 6.45) is 1.88. The van der Waals surface area contributed by atoms with Crippen LogP contribution in [0.2, 0.25) is 0 Å². The SMILES string of the molecule is Cc1ccsc1/C=C1\NC(=S)N(c2c(C)cccc2C)C1=O. The van der Waals surface area contributed by atoms with Crippen LogP contribution in [0.15, 0.2) is 35.3 Å². The van der Waals surface area contributed by atoms with Gasteiger partial charge >= 0.3 is 0 Å². The van der Waals surface area contributed by atoms with Crippen LogP contribution in [-0.2, 0) is 4.79 Å². The summed E-state index contributed by atoms with van der Waals surface area (Å²) in [4.78, 5) is 15.4. The van der Waals surface area contributed by atoms with Crippen molar-refractivity contribution in [3.05, 3.63) is 56.9 Å². The maximum Gasteiger partial charge on any atom is 0.281 e. The Morgan fingerprint density at radius 3 is 2.41 bits per heavy atom. The summed E-state index contributed by atoms with van der Waals surface area (Å²) in [5.41, 5.74) is 4.62. The van der Waals surface area contributed by atoms with Crippen molar-refractivity contribution >= 4 is 46.3 Å². The number of para-hydroxylation sites is 1. The molecular formula is C17H16N2OS2. The summed E-state index contributed by atoms with van der Waals surface area (Å²) in [6, 6.07) is 8.00. The van der Waals surface area contributed by atoms with E-state index >= 15 is 0 Å². The lowest BCUT2D eigenvalue weighted by Crippen LogP contribution is -2.31. The third-order valence-corrected chi connectivity index (χ3v) is 4.97. The molecule has 1 saturated heterocycles. The van der Waals surface area contributed by atoms with Crippen LogP contribution in [0.1, 0.15) is 21.6 Å². The topological polar surface area (TPSA) is 32.3 Å². The van der Waals surface area contributed by atoms with E-state index in [1.807, 2.05) is 56.5 Å². The van der Waals surface area contributed by atoms with Crippen molar-refractivity contribution in [3.8, 4) is 0 Å². The lowest BCUT2D eigenvalue weighted by atomic mass is 10.1. The number of rotatable bonds is 2. The number of aryl methyl sites for hydroxylation is 3. The Labute approximate surface area is 139 Å². The van der Waals surface area contributed by atoms with Crippen molar-refractivity contribution < 1.29 is 4.79 Å². The molecule has 1 aromatic carbocycles. The second-order valence-electron chi connectivity index (χ2n) is 5.34. The second-order valence-corrected chi connectivity index (χ2v) is 6.67. The number of hydrogen-bond acceptors (Lipinski definition) is 3. The van der Waals surface area contributed by atoms with Crippen LogP contribution in [-0.4, -0.2) is 11.0 Å². The van der Waals surface area contributed by atoms with Crippen molar-refractivity contribution in [2.45, 2.75) is 20.8 Å². The molecule has 0 spiro atoms. The van der Waals surface area contributed by atoms with E-state index in [1.165, 1.54) is 0 Å². The number of carbonyl (C=O) groups is 1. The molecule has 1 aliphatic heterocycles. The van der Waals surface area contributed by atoms with Crippen molar-refractivity contribution in [1.29, 1.82) is 0 Å². The van der Waals surface area contributed by atoms with Crippen LogP contribution in [0.25, 0.3) is 6.08 Å². The second kappa shape index (κ2) is 5.66. The number of thiocarbonyl (C=S) groups is 1. The molecule has 1 aliphatic rings. The maximum atomic E-state index is 12.8. The van der Waals surface area contributed by atoms with E-state index in [0.29, 0.717) is 10.8 Å². The molecule has 1 N–H and O–H groups in total. The highest BCUT2D eigenvalue weighted by Gasteiger charge is 2.33. The normalized spacial score (nSPS) is 16.5. The van der Waals surface area contributed by atoms with Crippen LogP contribution in [0.4, 0.5) is 5.69 Å². The van der Waals surface area contributed by atoms with Gasteiger partial charge in [0.25, 0.3) is 5.91 Å². The minimum absolute atomic E-state index is 0.102. The van der Waals surface area contributed by atoms with Gasteiger partial charge in [0, 0.05) is 4.88 Å². The molecule has 1 fully saturated rings. The van der Waals surface area contributed by atoms with Gasteiger partial charge < -0.3 is 5.32 Å². The van der Waals surface area contributed by atoms with Crippen molar-refractivity contribution in [1.82, 2.24) is 5.32 Å². The number of nitrogens with zero attached hydrogens (tertiary/aromatic N) is 1. The number of benzene rings is 1. The maximum absolute atomic E-state index is 12.8. The molecule has 1 aromatic heterocycles. The smallest absolute Gasteiger partial charge is 0.281 e. The number of nitrogens with one attached hydrogen (secondary N) is 1. The molecule has 0 unspecified atom stereocenters. The van der Waals surface area contributed by atoms with E-state index in [9.17, 15) is 4.79 Å². The van der Waals surface area contributed by atoms with Gasteiger partial charge in [-0.3, -0.25) is 9.69 Å². The Hall–Kier alpha value is -1.98. The predicted molar refractivity (Wildman–Crippen MR) is 96.2 cm³/mol. The summed E-state index contributed by atoms with van der Waals surface area (Å²) < 4.78 is 0. The number of carbonyl (C=O) groups excluding carboxylic acids is 1. The molecular weight excluding hydrogens is 312 g/mol. The Kier molecular flexibility index (Phi) is 3.85. The summed E-state index contributed by atoms with van der Waals surface area (Å²) >= 11 is 6.99. The first-order chi connectivity index (χ1) is 10.5. The Bertz CT molecular complexity index is 784. The first-order valence-electron chi connectivity index (χ1n) is 6.96. The van der Waals surface area contributed by atoms with Crippen molar-refractivity contribution in [3.63, 3.8) is 0 Å². The molecule has 0 saturated carbocycles. The molecule has 22 heavy (non-hydrogen) atoms. The first kappa shape index (κ1) is 14.9. The molecule has 0 aliphatic carbocycles. The van der Waals surface area contributed by atoms with E-state index in [4.69, 9.17) is 12.2 Å². The molecule has 1 amide bonds. The van der Waals surface area contributed by atoms with Gasteiger partial charge in [0.1, 0.15) is 5.70 Å². The van der Waals surface area contributed by atoms with E-state index in [0.717, 1.165) is 27.3 Å². The largest absolute Gasteiger partial charge is 0.327 e.